The molecule has 0 bridgehead atoms. The van der Waals surface area contributed by atoms with Crippen LogP contribution in [0.25, 0.3) is 11.0 Å². The topological polar surface area (TPSA) is 99.3 Å². The molecule has 28 heavy (non-hydrogen) atoms. The van der Waals surface area contributed by atoms with Gasteiger partial charge in [-0.3, -0.25) is 19.1 Å². The number of hydrogen-bond acceptors (Lipinski definition) is 6. The summed E-state index contributed by atoms with van der Waals surface area (Å²) in [6.45, 7) is -0.259. The average Bonchev–Trinajstić information content (AvgIpc) is 3.21. The highest BCUT2D eigenvalue weighted by Crippen LogP contribution is 2.32. The van der Waals surface area contributed by atoms with Crippen molar-refractivity contribution >= 4 is 44.5 Å². The summed E-state index contributed by atoms with van der Waals surface area (Å²) in [7, 11) is 2.97. The maximum Gasteiger partial charge on any atom is 0.329 e. The number of esters is 1. The molecular formula is C18H16BrN5O4. The van der Waals surface area contributed by atoms with Crippen molar-refractivity contribution in [3.05, 3.63) is 51.1 Å². The van der Waals surface area contributed by atoms with Crippen LogP contribution in [0.3, 0.4) is 0 Å². The molecule has 1 aliphatic heterocycles. The van der Waals surface area contributed by atoms with Crippen molar-refractivity contribution in [1.29, 1.82) is 0 Å². The highest BCUT2D eigenvalue weighted by Gasteiger charge is 2.39. The van der Waals surface area contributed by atoms with Crippen molar-refractivity contribution < 1.29 is 14.3 Å². The molecule has 3 heterocycles. The molecule has 144 valence electrons. The van der Waals surface area contributed by atoms with Gasteiger partial charge in [-0.15, -0.1) is 0 Å². The van der Waals surface area contributed by atoms with Crippen LogP contribution in [0.1, 0.15) is 5.56 Å². The highest BCUT2D eigenvalue weighted by molar-refractivity contribution is 9.10. The van der Waals surface area contributed by atoms with E-state index < -0.39 is 17.9 Å². The third-order valence-electron chi connectivity index (χ3n) is 4.79. The molecule has 0 fully saturated rings. The van der Waals surface area contributed by atoms with E-state index in [1.54, 1.807) is 19.2 Å². The summed E-state index contributed by atoms with van der Waals surface area (Å²) in [4.78, 5) is 43.7. The van der Waals surface area contributed by atoms with E-state index in [4.69, 9.17) is 4.74 Å². The summed E-state index contributed by atoms with van der Waals surface area (Å²) in [6, 6.07) is 6.53. The van der Waals surface area contributed by atoms with Gasteiger partial charge in [-0.1, -0.05) is 18.2 Å². The Bertz CT molecular complexity index is 1170. The van der Waals surface area contributed by atoms with Gasteiger partial charge in [0.25, 0.3) is 5.56 Å². The number of nitrogens with zero attached hydrogens (tertiary/aromatic N) is 5. The molecule has 0 saturated heterocycles. The Balaban J connectivity index is 1.72. The Hall–Kier alpha value is -3.01. The zero-order valence-corrected chi connectivity index (χ0v) is 16.7. The van der Waals surface area contributed by atoms with Crippen LogP contribution < -0.4 is 10.5 Å². The molecule has 1 amide bonds. The van der Waals surface area contributed by atoms with Gasteiger partial charge in [0, 0.05) is 19.2 Å². The molecule has 0 radical (unpaired) electrons. The monoisotopic (exact) mass is 445 g/mol. The number of hydrogen-bond donors (Lipinski definition) is 0. The van der Waals surface area contributed by atoms with Gasteiger partial charge in [0.2, 0.25) is 5.91 Å². The van der Waals surface area contributed by atoms with Crippen LogP contribution >= 0.6 is 15.9 Å². The lowest BCUT2D eigenvalue weighted by molar-refractivity contribution is -0.143. The van der Waals surface area contributed by atoms with Gasteiger partial charge < -0.3 is 4.74 Å². The fourth-order valence-electron chi connectivity index (χ4n) is 3.49. The maximum absolute atomic E-state index is 13.1. The number of halogens is 1. The molecule has 1 aliphatic rings. The van der Waals surface area contributed by atoms with E-state index in [1.165, 1.54) is 27.6 Å². The van der Waals surface area contributed by atoms with E-state index in [2.05, 4.69) is 26.0 Å². The number of carbonyl (C=O) groups is 2. The van der Waals surface area contributed by atoms with Crippen LogP contribution in [0.4, 0.5) is 5.69 Å². The van der Waals surface area contributed by atoms with E-state index >= 15 is 0 Å². The SMILES string of the molecule is COC(=O)C1Cc2ccccc2N1C(=O)Cn1cnc2c(c(Br)nn2C)c1=O. The average molecular weight is 446 g/mol. The number of ether oxygens (including phenoxy) is 1. The van der Waals surface area contributed by atoms with E-state index in [1.807, 2.05) is 12.1 Å². The van der Waals surface area contributed by atoms with Gasteiger partial charge in [0.1, 0.15) is 28.9 Å². The summed E-state index contributed by atoms with van der Waals surface area (Å²) < 4.78 is 7.93. The largest absolute Gasteiger partial charge is 0.467 e. The molecule has 1 aromatic carbocycles. The third kappa shape index (κ3) is 2.80. The number of carbonyl (C=O) groups excluding carboxylic acids is 2. The Morgan fingerprint density at radius 3 is 2.82 bits per heavy atom. The number of anilines is 1. The highest BCUT2D eigenvalue weighted by atomic mass is 79.9. The minimum Gasteiger partial charge on any atom is -0.467 e. The van der Waals surface area contributed by atoms with Crippen molar-refractivity contribution in [3.8, 4) is 0 Å². The molecule has 3 aromatic rings. The number of fused-ring (bicyclic) bond motifs is 2. The standard InChI is InChI=1S/C18H16BrN5O4/c1-22-16-14(15(19)21-22)17(26)23(9-20-16)8-13(25)24-11-6-4-3-5-10(11)7-12(24)18(27)28-2/h3-6,9,12H,7-8H2,1-2H3. The molecule has 4 rings (SSSR count). The zero-order valence-electron chi connectivity index (χ0n) is 15.1. The van der Waals surface area contributed by atoms with E-state index in [-0.39, 0.29) is 12.1 Å². The zero-order chi connectivity index (χ0) is 20.0. The van der Waals surface area contributed by atoms with E-state index in [0.29, 0.717) is 27.7 Å². The van der Waals surface area contributed by atoms with Crippen LogP contribution in [0.15, 0.2) is 40.0 Å². The Morgan fingerprint density at radius 1 is 1.32 bits per heavy atom. The van der Waals surface area contributed by atoms with Gasteiger partial charge >= 0.3 is 5.97 Å². The molecule has 10 heteroatoms. The molecule has 1 atom stereocenters. The molecule has 0 N–H and O–H groups in total. The van der Waals surface area contributed by atoms with Gasteiger partial charge in [-0.2, -0.15) is 5.10 Å². The number of aryl methyl sites for hydroxylation is 1. The molecule has 0 aliphatic carbocycles. The summed E-state index contributed by atoms with van der Waals surface area (Å²) in [6.07, 6.45) is 1.68. The van der Waals surface area contributed by atoms with Gasteiger partial charge in [0.05, 0.1) is 7.11 Å². The van der Waals surface area contributed by atoms with Crippen LogP contribution in [-0.4, -0.2) is 44.4 Å². The van der Waals surface area contributed by atoms with Crippen molar-refractivity contribution in [2.75, 3.05) is 12.0 Å². The lowest BCUT2D eigenvalue weighted by Crippen LogP contribution is -2.45. The van der Waals surface area contributed by atoms with Crippen LogP contribution in [0, 0.1) is 0 Å². The first kappa shape index (κ1) is 18.4. The number of rotatable bonds is 3. The first-order valence-electron chi connectivity index (χ1n) is 8.47. The number of aromatic nitrogens is 4. The second-order valence-corrected chi connectivity index (χ2v) is 7.18. The number of benzene rings is 1. The second-order valence-electron chi connectivity index (χ2n) is 6.43. The lowest BCUT2D eigenvalue weighted by atomic mass is 10.1. The molecular weight excluding hydrogens is 430 g/mol. The third-order valence-corrected chi connectivity index (χ3v) is 5.35. The Morgan fingerprint density at radius 2 is 2.07 bits per heavy atom. The second kappa shape index (κ2) is 6.86. The number of amides is 1. The predicted molar refractivity (Wildman–Crippen MR) is 104 cm³/mol. The van der Waals surface area contributed by atoms with Crippen molar-refractivity contribution in [2.45, 2.75) is 19.0 Å². The Labute approximate surface area is 167 Å². The van der Waals surface area contributed by atoms with Crippen LogP contribution in [-0.2, 0) is 34.3 Å². The molecule has 2 aromatic heterocycles. The van der Waals surface area contributed by atoms with Gasteiger partial charge in [-0.05, 0) is 27.6 Å². The van der Waals surface area contributed by atoms with E-state index in [9.17, 15) is 14.4 Å². The van der Waals surface area contributed by atoms with Crippen LogP contribution in [0.2, 0.25) is 0 Å². The Kier molecular flexibility index (Phi) is 4.50. The summed E-state index contributed by atoms with van der Waals surface area (Å²) in [5.41, 5.74) is 1.55. The first-order chi connectivity index (χ1) is 13.4. The smallest absolute Gasteiger partial charge is 0.329 e. The minimum absolute atomic E-state index is 0.259. The number of methoxy groups -OCH3 is 1. The lowest BCUT2D eigenvalue weighted by Gasteiger charge is -2.24. The molecule has 0 saturated carbocycles. The van der Waals surface area contributed by atoms with Gasteiger partial charge in [0.15, 0.2) is 5.65 Å². The maximum atomic E-state index is 13.1. The summed E-state index contributed by atoms with van der Waals surface area (Å²) >= 11 is 3.25. The van der Waals surface area contributed by atoms with Crippen molar-refractivity contribution in [1.82, 2.24) is 19.3 Å². The summed E-state index contributed by atoms with van der Waals surface area (Å²) in [5.74, 6) is -0.899. The van der Waals surface area contributed by atoms with Gasteiger partial charge in [-0.25, -0.2) is 14.5 Å². The quantitative estimate of drug-likeness (QED) is 0.558. The number of para-hydroxylation sites is 1. The normalized spacial score (nSPS) is 15.7. The predicted octanol–water partition coefficient (Wildman–Crippen LogP) is 1.02. The minimum atomic E-state index is -0.757. The fourth-order valence-corrected chi connectivity index (χ4v) is 4.07. The molecule has 0 spiro atoms. The van der Waals surface area contributed by atoms with Crippen molar-refractivity contribution in [2.24, 2.45) is 7.05 Å². The van der Waals surface area contributed by atoms with Crippen molar-refractivity contribution in [3.63, 3.8) is 0 Å². The van der Waals surface area contributed by atoms with E-state index in [0.717, 1.165) is 5.56 Å². The molecule has 9 nitrogen and oxygen atoms in total. The fraction of sp³-hybridized carbons (Fsp3) is 0.278. The van der Waals surface area contributed by atoms with Crippen LogP contribution in [0.5, 0.6) is 0 Å². The molecule has 1 unspecified atom stereocenters. The summed E-state index contributed by atoms with van der Waals surface area (Å²) in [5, 5.41) is 4.42. The first-order valence-corrected chi connectivity index (χ1v) is 9.27.